The first kappa shape index (κ1) is 14.5. The molecule has 0 atom stereocenters. The van der Waals surface area contributed by atoms with E-state index in [-0.39, 0.29) is 5.91 Å². The number of carbonyl (C=O) groups excluding carboxylic acids is 1. The third-order valence-electron chi connectivity index (χ3n) is 3.98. The van der Waals surface area contributed by atoms with E-state index in [4.69, 9.17) is 5.73 Å². The third kappa shape index (κ3) is 3.26. The molecule has 0 bridgehead atoms. The Balaban J connectivity index is 1.58. The van der Waals surface area contributed by atoms with Crippen molar-refractivity contribution in [2.75, 3.05) is 31.9 Å². The Labute approximate surface area is 130 Å². The van der Waals surface area contributed by atoms with Crippen LogP contribution < -0.4 is 5.73 Å². The molecule has 1 aromatic heterocycles. The Morgan fingerprint density at radius 1 is 1.09 bits per heavy atom. The lowest BCUT2D eigenvalue weighted by Crippen LogP contribution is -2.48. The highest BCUT2D eigenvalue weighted by molar-refractivity contribution is 5.99. The number of hydrogen-bond acceptors (Lipinski definition) is 4. The van der Waals surface area contributed by atoms with Gasteiger partial charge in [-0.2, -0.15) is 0 Å². The number of aromatic nitrogens is 1. The molecule has 1 fully saturated rings. The van der Waals surface area contributed by atoms with Crippen LogP contribution in [0, 0.1) is 0 Å². The minimum atomic E-state index is 0.0270. The smallest absolute Gasteiger partial charge is 0.256 e. The maximum Gasteiger partial charge on any atom is 0.256 e. The summed E-state index contributed by atoms with van der Waals surface area (Å²) in [7, 11) is 0. The summed E-state index contributed by atoms with van der Waals surface area (Å²) in [4.78, 5) is 20.9. The minimum absolute atomic E-state index is 0.0270. The summed E-state index contributed by atoms with van der Waals surface area (Å²) < 4.78 is 0. The van der Waals surface area contributed by atoms with Crippen LogP contribution in [0.25, 0.3) is 0 Å². The van der Waals surface area contributed by atoms with Gasteiger partial charge in [-0.25, -0.2) is 0 Å². The van der Waals surface area contributed by atoms with Crippen LogP contribution >= 0.6 is 0 Å². The first-order valence-electron chi connectivity index (χ1n) is 7.49. The summed E-state index contributed by atoms with van der Waals surface area (Å²) >= 11 is 0. The summed E-state index contributed by atoms with van der Waals surface area (Å²) in [6.07, 6.45) is 3.67. The maximum atomic E-state index is 12.5. The minimum Gasteiger partial charge on any atom is -0.398 e. The van der Waals surface area contributed by atoms with Gasteiger partial charge in [-0.1, -0.05) is 18.2 Å². The molecule has 0 spiro atoms. The summed E-state index contributed by atoms with van der Waals surface area (Å²) in [5.74, 6) is 0.0270. The van der Waals surface area contributed by atoms with Gasteiger partial charge in [-0.3, -0.25) is 14.7 Å². The van der Waals surface area contributed by atoms with Gasteiger partial charge in [-0.15, -0.1) is 0 Å². The third-order valence-corrected chi connectivity index (χ3v) is 3.98. The van der Waals surface area contributed by atoms with Crippen LogP contribution in [0.3, 0.4) is 0 Å². The van der Waals surface area contributed by atoms with E-state index >= 15 is 0 Å². The van der Waals surface area contributed by atoms with Crippen molar-refractivity contribution in [3.63, 3.8) is 0 Å². The number of para-hydroxylation sites is 1. The Morgan fingerprint density at radius 2 is 1.86 bits per heavy atom. The van der Waals surface area contributed by atoms with Gasteiger partial charge in [0.1, 0.15) is 0 Å². The molecule has 0 saturated carbocycles. The fraction of sp³-hybridized carbons (Fsp3) is 0.294. The van der Waals surface area contributed by atoms with Gasteiger partial charge in [0, 0.05) is 50.8 Å². The quantitative estimate of drug-likeness (QED) is 0.874. The van der Waals surface area contributed by atoms with Crippen molar-refractivity contribution in [2.45, 2.75) is 6.54 Å². The molecule has 1 aliphatic heterocycles. The largest absolute Gasteiger partial charge is 0.398 e. The number of nitrogen functional groups attached to an aromatic ring is 1. The predicted molar refractivity (Wildman–Crippen MR) is 86.3 cm³/mol. The van der Waals surface area contributed by atoms with Gasteiger partial charge in [0.25, 0.3) is 5.91 Å². The molecular formula is C17H20N4O. The molecule has 114 valence electrons. The topological polar surface area (TPSA) is 62.5 Å². The van der Waals surface area contributed by atoms with Crippen LogP contribution in [0.4, 0.5) is 5.69 Å². The highest BCUT2D eigenvalue weighted by atomic mass is 16.2. The van der Waals surface area contributed by atoms with Crippen molar-refractivity contribution in [2.24, 2.45) is 0 Å². The van der Waals surface area contributed by atoms with Crippen molar-refractivity contribution in [1.82, 2.24) is 14.8 Å². The van der Waals surface area contributed by atoms with Gasteiger partial charge >= 0.3 is 0 Å². The second kappa shape index (κ2) is 6.58. The van der Waals surface area contributed by atoms with Gasteiger partial charge in [0.05, 0.1) is 5.56 Å². The summed E-state index contributed by atoms with van der Waals surface area (Å²) in [5.41, 5.74) is 8.24. The Hall–Kier alpha value is -2.40. The summed E-state index contributed by atoms with van der Waals surface area (Å²) in [5, 5.41) is 0. The molecule has 2 N–H and O–H groups in total. The standard InChI is InChI=1S/C17H20N4O/c18-16-6-2-1-5-15(16)17(22)21-10-8-20(9-11-21)13-14-4-3-7-19-12-14/h1-7,12H,8-11,13,18H2. The number of rotatable bonds is 3. The maximum absolute atomic E-state index is 12.5. The average Bonchev–Trinajstić information content (AvgIpc) is 2.56. The number of nitrogens with zero attached hydrogens (tertiary/aromatic N) is 3. The van der Waals surface area contributed by atoms with Crippen molar-refractivity contribution < 1.29 is 4.79 Å². The zero-order chi connectivity index (χ0) is 15.4. The SMILES string of the molecule is Nc1ccccc1C(=O)N1CCN(Cc2cccnc2)CC1. The first-order valence-corrected chi connectivity index (χ1v) is 7.49. The second-order valence-electron chi connectivity index (χ2n) is 5.52. The van der Waals surface area contributed by atoms with Crippen LogP contribution in [0.15, 0.2) is 48.8 Å². The molecular weight excluding hydrogens is 276 g/mol. The molecule has 1 saturated heterocycles. The molecule has 3 rings (SSSR count). The summed E-state index contributed by atoms with van der Waals surface area (Å²) in [6, 6.07) is 11.3. The average molecular weight is 296 g/mol. The van der Waals surface area contributed by atoms with Crippen LogP contribution in [0.5, 0.6) is 0 Å². The highest BCUT2D eigenvalue weighted by Gasteiger charge is 2.23. The van der Waals surface area contributed by atoms with Gasteiger partial charge in [-0.05, 0) is 23.8 Å². The lowest BCUT2D eigenvalue weighted by atomic mass is 10.1. The number of benzene rings is 1. The van der Waals surface area contributed by atoms with Crippen molar-refractivity contribution in [3.8, 4) is 0 Å². The molecule has 0 aliphatic carbocycles. The fourth-order valence-electron chi connectivity index (χ4n) is 2.72. The number of carbonyl (C=O) groups is 1. The highest BCUT2D eigenvalue weighted by Crippen LogP contribution is 2.15. The number of pyridine rings is 1. The van der Waals surface area contributed by atoms with Crippen molar-refractivity contribution >= 4 is 11.6 Å². The van der Waals surface area contributed by atoms with Crippen molar-refractivity contribution in [1.29, 1.82) is 0 Å². The predicted octanol–water partition coefficient (Wildman–Crippen LogP) is 1.62. The van der Waals surface area contributed by atoms with Crippen LogP contribution in [0.2, 0.25) is 0 Å². The molecule has 22 heavy (non-hydrogen) atoms. The van der Waals surface area contributed by atoms with Gasteiger partial charge in [0.2, 0.25) is 0 Å². The molecule has 1 amide bonds. The monoisotopic (exact) mass is 296 g/mol. The van der Waals surface area contributed by atoms with E-state index in [9.17, 15) is 4.79 Å². The van der Waals surface area contributed by atoms with Gasteiger partial charge in [0.15, 0.2) is 0 Å². The molecule has 2 heterocycles. The molecule has 5 nitrogen and oxygen atoms in total. The van der Waals surface area contributed by atoms with E-state index in [1.807, 2.05) is 29.3 Å². The fourth-order valence-corrected chi connectivity index (χ4v) is 2.72. The van der Waals surface area contributed by atoms with E-state index in [0.29, 0.717) is 11.3 Å². The zero-order valence-corrected chi connectivity index (χ0v) is 12.5. The lowest BCUT2D eigenvalue weighted by Gasteiger charge is -2.34. The lowest BCUT2D eigenvalue weighted by molar-refractivity contribution is 0.0629. The Kier molecular flexibility index (Phi) is 4.34. The zero-order valence-electron chi connectivity index (χ0n) is 12.5. The molecule has 2 aromatic rings. The summed E-state index contributed by atoms with van der Waals surface area (Å²) in [6.45, 7) is 4.07. The number of hydrogen-bond donors (Lipinski definition) is 1. The molecule has 0 radical (unpaired) electrons. The number of nitrogens with two attached hydrogens (primary N) is 1. The van der Waals surface area contributed by atoms with Crippen LogP contribution in [-0.4, -0.2) is 46.9 Å². The van der Waals surface area contributed by atoms with Crippen molar-refractivity contribution in [3.05, 3.63) is 59.9 Å². The van der Waals surface area contributed by atoms with E-state index in [2.05, 4.69) is 16.0 Å². The number of amides is 1. The molecule has 1 aliphatic rings. The van der Waals surface area contributed by atoms with Crippen LogP contribution in [0.1, 0.15) is 15.9 Å². The molecule has 5 heteroatoms. The number of anilines is 1. The second-order valence-corrected chi connectivity index (χ2v) is 5.52. The Morgan fingerprint density at radius 3 is 2.55 bits per heavy atom. The van der Waals surface area contributed by atoms with Gasteiger partial charge < -0.3 is 10.6 Å². The van der Waals surface area contributed by atoms with E-state index < -0.39 is 0 Å². The van der Waals surface area contributed by atoms with E-state index in [1.54, 1.807) is 18.3 Å². The normalized spacial score (nSPS) is 15.7. The number of piperazine rings is 1. The van der Waals surface area contributed by atoms with E-state index in [0.717, 1.165) is 32.7 Å². The van der Waals surface area contributed by atoms with Crippen LogP contribution in [-0.2, 0) is 6.54 Å². The molecule has 0 unspecified atom stereocenters. The first-order chi connectivity index (χ1) is 10.7. The van der Waals surface area contributed by atoms with E-state index in [1.165, 1.54) is 5.56 Å². The molecule has 1 aromatic carbocycles. The Bertz CT molecular complexity index is 636.